The summed E-state index contributed by atoms with van der Waals surface area (Å²) in [6.07, 6.45) is 2.56. The molecule has 3 heterocycles. The van der Waals surface area contributed by atoms with Crippen LogP contribution in [0.5, 0.6) is 5.88 Å². The minimum absolute atomic E-state index is 0.186. The number of halogens is 1. The summed E-state index contributed by atoms with van der Waals surface area (Å²) in [4.78, 5) is 26.5. The first kappa shape index (κ1) is 17.0. The quantitative estimate of drug-likeness (QED) is 0.876. The van der Waals surface area contributed by atoms with Gasteiger partial charge in [0, 0.05) is 19.3 Å². The van der Waals surface area contributed by atoms with Crippen LogP contribution in [0.3, 0.4) is 0 Å². The van der Waals surface area contributed by atoms with Gasteiger partial charge in [0.1, 0.15) is 5.56 Å². The van der Waals surface area contributed by atoms with E-state index in [-0.39, 0.29) is 17.3 Å². The number of pyridine rings is 1. The molecular formula is C16H18FN5O3. The monoisotopic (exact) mass is 347 g/mol. The highest BCUT2D eigenvalue weighted by Gasteiger charge is 2.19. The predicted molar refractivity (Wildman–Crippen MR) is 88.4 cm³/mol. The van der Waals surface area contributed by atoms with Gasteiger partial charge in [0.25, 0.3) is 5.91 Å². The van der Waals surface area contributed by atoms with E-state index in [1.807, 2.05) is 4.90 Å². The summed E-state index contributed by atoms with van der Waals surface area (Å²) in [5.74, 6) is -0.927. The van der Waals surface area contributed by atoms with Gasteiger partial charge in [0.05, 0.1) is 26.0 Å². The lowest BCUT2D eigenvalue weighted by Gasteiger charge is -2.26. The number of hydrogen-bond donors (Lipinski definition) is 1. The van der Waals surface area contributed by atoms with Crippen LogP contribution in [0.15, 0.2) is 24.5 Å². The van der Waals surface area contributed by atoms with Crippen LogP contribution in [-0.2, 0) is 4.74 Å². The van der Waals surface area contributed by atoms with Crippen LogP contribution in [-0.4, -0.2) is 53.8 Å². The number of aromatic nitrogens is 3. The highest BCUT2D eigenvalue weighted by molar-refractivity contribution is 6.05. The van der Waals surface area contributed by atoms with Gasteiger partial charge in [-0.3, -0.25) is 4.79 Å². The van der Waals surface area contributed by atoms with Gasteiger partial charge in [-0.2, -0.15) is 4.98 Å². The second-order valence-corrected chi connectivity index (χ2v) is 5.21. The second kappa shape index (κ2) is 7.84. The van der Waals surface area contributed by atoms with Crippen LogP contribution in [0.2, 0.25) is 0 Å². The summed E-state index contributed by atoms with van der Waals surface area (Å²) in [5, 5.41) is 2.46. The molecule has 2 aromatic heterocycles. The van der Waals surface area contributed by atoms with Gasteiger partial charge in [-0.15, -0.1) is 0 Å². The lowest BCUT2D eigenvalue weighted by Crippen LogP contribution is -2.37. The Balaban J connectivity index is 1.81. The van der Waals surface area contributed by atoms with Crippen LogP contribution in [0.25, 0.3) is 0 Å². The maximum absolute atomic E-state index is 14.0. The molecule has 132 valence electrons. The van der Waals surface area contributed by atoms with Crippen molar-refractivity contribution in [2.45, 2.75) is 6.92 Å². The van der Waals surface area contributed by atoms with Crippen molar-refractivity contribution in [3.05, 3.63) is 35.9 Å². The molecule has 0 spiro atoms. The van der Waals surface area contributed by atoms with E-state index in [0.29, 0.717) is 38.9 Å². The van der Waals surface area contributed by atoms with Gasteiger partial charge in [-0.1, -0.05) is 0 Å². The number of morpholine rings is 1. The third kappa shape index (κ3) is 4.00. The highest BCUT2D eigenvalue weighted by atomic mass is 19.1. The van der Waals surface area contributed by atoms with Crippen LogP contribution in [0, 0.1) is 5.82 Å². The zero-order valence-electron chi connectivity index (χ0n) is 13.7. The van der Waals surface area contributed by atoms with E-state index in [9.17, 15) is 9.18 Å². The van der Waals surface area contributed by atoms with Crippen LogP contribution < -0.4 is 15.0 Å². The van der Waals surface area contributed by atoms with E-state index < -0.39 is 11.7 Å². The molecule has 0 aliphatic carbocycles. The fraction of sp³-hybridized carbons (Fsp3) is 0.375. The molecule has 0 bridgehead atoms. The molecule has 0 radical (unpaired) electrons. The molecule has 1 amide bonds. The van der Waals surface area contributed by atoms with Crippen molar-refractivity contribution in [3.8, 4) is 5.88 Å². The second-order valence-electron chi connectivity index (χ2n) is 5.21. The molecule has 1 N–H and O–H groups in total. The molecule has 1 saturated heterocycles. The minimum atomic E-state index is -0.716. The van der Waals surface area contributed by atoms with E-state index in [2.05, 4.69) is 20.3 Å². The molecule has 1 fully saturated rings. The van der Waals surface area contributed by atoms with Crippen LogP contribution in [0.4, 0.5) is 16.2 Å². The van der Waals surface area contributed by atoms with Crippen molar-refractivity contribution in [1.29, 1.82) is 0 Å². The van der Waals surface area contributed by atoms with Crippen molar-refractivity contribution < 1.29 is 18.7 Å². The summed E-state index contributed by atoms with van der Waals surface area (Å²) < 4.78 is 24.6. The molecule has 2 aromatic rings. The maximum atomic E-state index is 14.0. The zero-order chi connectivity index (χ0) is 17.6. The molecule has 0 aromatic carbocycles. The van der Waals surface area contributed by atoms with E-state index in [4.69, 9.17) is 9.47 Å². The number of amides is 1. The number of nitrogens with zero attached hydrogens (tertiary/aromatic N) is 4. The van der Waals surface area contributed by atoms with Gasteiger partial charge in [0.2, 0.25) is 11.8 Å². The normalized spacial score (nSPS) is 14.2. The third-order valence-electron chi connectivity index (χ3n) is 3.55. The molecule has 0 saturated carbocycles. The summed E-state index contributed by atoms with van der Waals surface area (Å²) >= 11 is 0. The van der Waals surface area contributed by atoms with E-state index in [0.717, 1.165) is 6.20 Å². The lowest BCUT2D eigenvalue weighted by molar-refractivity contribution is 0.102. The molecule has 8 nitrogen and oxygen atoms in total. The van der Waals surface area contributed by atoms with Crippen LogP contribution >= 0.6 is 0 Å². The topological polar surface area (TPSA) is 89.5 Å². The van der Waals surface area contributed by atoms with E-state index >= 15 is 0 Å². The molecule has 1 aliphatic rings. The predicted octanol–water partition coefficient (Wildman–Crippen LogP) is 1.50. The summed E-state index contributed by atoms with van der Waals surface area (Å²) in [5.41, 5.74) is 0.204. The SMILES string of the molecule is CCOc1ncccc1C(=O)Nc1nc(N2CCOCC2)ncc1F. The Hall–Kier alpha value is -2.81. The number of hydrogen-bond acceptors (Lipinski definition) is 7. The fourth-order valence-electron chi connectivity index (χ4n) is 2.35. The molecule has 9 heteroatoms. The molecule has 1 aliphatic heterocycles. The Morgan fingerprint density at radius 2 is 2.20 bits per heavy atom. The van der Waals surface area contributed by atoms with Crippen molar-refractivity contribution in [3.63, 3.8) is 0 Å². The number of carbonyl (C=O) groups excluding carboxylic acids is 1. The number of nitrogens with one attached hydrogen (secondary N) is 1. The Kier molecular flexibility index (Phi) is 5.34. The maximum Gasteiger partial charge on any atom is 0.262 e. The van der Waals surface area contributed by atoms with Crippen molar-refractivity contribution in [2.75, 3.05) is 43.1 Å². The summed E-state index contributed by atoms with van der Waals surface area (Å²) in [7, 11) is 0. The first-order valence-corrected chi connectivity index (χ1v) is 7.93. The Labute approximate surface area is 144 Å². The lowest BCUT2D eigenvalue weighted by atomic mass is 10.2. The van der Waals surface area contributed by atoms with Crippen molar-refractivity contribution >= 4 is 17.7 Å². The Morgan fingerprint density at radius 1 is 1.40 bits per heavy atom. The smallest absolute Gasteiger partial charge is 0.262 e. The van der Waals surface area contributed by atoms with Crippen LogP contribution in [0.1, 0.15) is 17.3 Å². The third-order valence-corrected chi connectivity index (χ3v) is 3.55. The molecule has 25 heavy (non-hydrogen) atoms. The standard InChI is InChI=1S/C16H18FN5O3/c1-2-25-15-11(4-3-5-18-15)14(23)20-13-12(17)10-19-16(21-13)22-6-8-24-9-7-22/h3-5,10H,2,6-9H2,1H3,(H,19,20,21,23). The number of ether oxygens (including phenoxy) is 2. The van der Waals surface area contributed by atoms with Gasteiger partial charge in [-0.25, -0.2) is 14.4 Å². The van der Waals surface area contributed by atoms with Crippen molar-refractivity contribution in [1.82, 2.24) is 15.0 Å². The molecular weight excluding hydrogens is 329 g/mol. The van der Waals surface area contributed by atoms with E-state index in [1.165, 1.54) is 6.20 Å². The highest BCUT2D eigenvalue weighted by Crippen LogP contribution is 2.19. The summed E-state index contributed by atoms with van der Waals surface area (Å²) in [6, 6.07) is 3.15. The number of carbonyl (C=O) groups is 1. The first-order valence-electron chi connectivity index (χ1n) is 7.93. The number of rotatable bonds is 5. The average molecular weight is 347 g/mol. The Bertz CT molecular complexity index is 752. The minimum Gasteiger partial charge on any atom is -0.477 e. The molecule has 0 atom stereocenters. The number of anilines is 2. The van der Waals surface area contributed by atoms with E-state index in [1.54, 1.807) is 19.1 Å². The van der Waals surface area contributed by atoms with Gasteiger partial charge >= 0.3 is 0 Å². The zero-order valence-corrected chi connectivity index (χ0v) is 13.7. The Morgan fingerprint density at radius 3 is 2.96 bits per heavy atom. The van der Waals surface area contributed by atoms with Gasteiger partial charge in [0.15, 0.2) is 11.6 Å². The first-order chi connectivity index (χ1) is 12.2. The largest absolute Gasteiger partial charge is 0.477 e. The average Bonchev–Trinajstić information content (AvgIpc) is 2.65. The summed E-state index contributed by atoms with van der Waals surface area (Å²) in [6.45, 7) is 4.47. The molecule has 3 rings (SSSR count). The fourth-order valence-corrected chi connectivity index (χ4v) is 2.35. The van der Waals surface area contributed by atoms with Crippen molar-refractivity contribution in [2.24, 2.45) is 0 Å². The van der Waals surface area contributed by atoms with Gasteiger partial charge in [-0.05, 0) is 19.1 Å². The molecule has 0 unspecified atom stereocenters. The van der Waals surface area contributed by atoms with Gasteiger partial charge < -0.3 is 19.7 Å².